The Morgan fingerprint density at radius 3 is 2.31 bits per heavy atom. The number of carbonyl (C=O) groups excluding carboxylic acids is 2. The van der Waals surface area contributed by atoms with Crippen LogP contribution in [0.1, 0.15) is 69.7 Å². The maximum atomic E-state index is 13.9. The Kier molecular flexibility index (Phi) is 8.98. The van der Waals surface area contributed by atoms with Gasteiger partial charge in [0.05, 0.1) is 44.8 Å². The standard InChI is InChI=1S/C41H45N5O5/c1-25(2)37(45-40(48)49-3)39(47)46-24-41(50-16-17-51-41)21-36(46)34-20-33(22-42-34)27-10-8-26(9-11-27)29-12-13-31-19-32(15-14-30(31)18-29)35-23-43-38(44-35)28-6-4-5-7-28/h8-15,18-19,22-23,25,28,36-37H,4-7,16-17,20-21,24H2,1-3H3,(H,43,44)(H,45,48)/t36-,37-/m0/s1. The summed E-state index contributed by atoms with van der Waals surface area (Å²) in [5.74, 6) is 0.488. The van der Waals surface area contributed by atoms with Crippen molar-refractivity contribution in [1.29, 1.82) is 0 Å². The van der Waals surface area contributed by atoms with Crippen LogP contribution in [0.25, 0.3) is 38.7 Å². The molecule has 3 aliphatic heterocycles. The number of nitrogens with one attached hydrogen (secondary N) is 2. The van der Waals surface area contributed by atoms with Gasteiger partial charge >= 0.3 is 6.09 Å². The number of likely N-dealkylation sites (tertiary alicyclic amines) is 1. The average Bonchev–Trinajstić information content (AvgIpc) is 4.00. The summed E-state index contributed by atoms with van der Waals surface area (Å²) in [6.45, 7) is 5.05. The molecule has 1 aromatic heterocycles. The fourth-order valence-electron chi connectivity index (χ4n) is 8.14. The summed E-state index contributed by atoms with van der Waals surface area (Å²) < 4.78 is 16.9. The smallest absolute Gasteiger partial charge is 0.407 e. The number of hydrogen-bond donors (Lipinski definition) is 2. The summed E-state index contributed by atoms with van der Waals surface area (Å²) in [6, 6.07) is 20.8. The zero-order valence-corrected chi connectivity index (χ0v) is 29.5. The first-order valence-corrected chi connectivity index (χ1v) is 18.2. The number of amides is 2. The van der Waals surface area contributed by atoms with E-state index in [1.807, 2.05) is 26.2 Å². The molecular weight excluding hydrogens is 642 g/mol. The molecule has 2 atom stereocenters. The lowest BCUT2D eigenvalue weighted by Crippen LogP contribution is -2.54. The first kappa shape index (κ1) is 33.3. The van der Waals surface area contributed by atoms with Crippen LogP contribution in [0.5, 0.6) is 0 Å². The van der Waals surface area contributed by atoms with E-state index < -0.39 is 17.9 Å². The fourth-order valence-corrected chi connectivity index (χ4v) is 8.14. The van der Waals surface area contributed by atoms with Gasteiger partial charge in [0.15, 0.2) is 5.79 Å². The number of alkyl carbamates (subject to hydrolysis) is 1. The first-order chi connectivity index (χ1) is 24.8. The predicted molar refractivity (Wildman–Crippen MR) is 197 cm³/mol. The number of imidazole rings is 1. The number of aromatic amines is 1. The largest absolute Gasteiger partial charge is 0.453 e. The normalized spacial score (nSPS) is 20.7. The molecular formula is C41H45N5O5. The number of carbonyl (C=O) groups is 2. The summed E-state index contributed by atoms with van der Waals surface area (Å²) in [7, 11) is 1.29. The van der Waals surface area contributed by atoms with Crippen molar-refractivity contribution in [2.24, 2.45) is 10.9 Å². The summed E-state index contributed by atoms with van der Waals surface area (Å²) in [6.07, 6.45) is 9.40. The van der Waals surface area contributed by atoms with Gasteiger partial charge in [-0.25, -0.2) is 9.78 Å². The molecule has 2 N–H and O–H groups in total. The molecule has 51 heavy (non-hydrogen) atoms. The maximum Gasteiger partial charge on any atom is 0.407 e. The number of ether oxygens (including phenoxy) is 3. The van der Waals surface area contributed by atoms with Crippen molar-refractivity contribution in [2.75, 3.05) is 26.9 Å². The molecule has 4 aromatic rings. The number of benzene rings is 3. The molecule has 2 saturated heterocycles. The second-order valence-corrected chi connectivity index (χ2v) is 14.6. The van der Waals surface area contributed by atoms with Crippen LogP contribution in [0.3, 0.4) is 0 Å². The van der Waals surface area contributed by atoms with Crippen molar-refractivity contribution in [2.45, 2.75) is 76.2 Å². The van der Waals surface area contributed by atoms with Crippen LogP contribution in [0.2, 0.25) is 0 Å². The third kappa shape index (κ3) is 6.58. The quantitative estimate of drug-likeness (QED) is 0.199. The minimum atomic E-state index is -0.862. The lowest BCUT2D eigenvalue weighted by Gasteiger charge is -2.31. The topological polar surface area (TPSA) is 118 Å². The fraction of sp³-hybridized carbons (Fsp3) is 0.415. The maximum absolute atomic E-state index is 13.9. The second-order valence-electron chi connectivity index (χ2n) is 14.6. The van der Waals surface area contributed by atoms with Crippen molar-refractivity contribution in [3.05, 3.63) is 84.4 Å². The highest BCUT2D eigenvalue weighted by atomic mass is 16.7. The van der Waals surface area contributed by atoms with Gasteiger partial charge in [-0.05, 0) is 63.9 Å². The number of nitrogens with zero attached hydrogens (tertiary/aromatic N) is 3. The highest BCUT2D eigenvalue weighted by Crippen LogP contribution is 2.39. The van der Waals surface area contributed by atoms with E-state index in [0.29, 0.717) is 32.0 Å². The minimum Gasteiger partial charge on any atom is -0.453 e. The van der Waals surface area contributed by atoms with E-state index >= 15 is 0 Å². The zero-order valence-electron chi connectivity index (χ0n) is 29.5. The monoisotopic (exact) mass is 687 g/mol. The molecule has 0 radical (unpaired) electrons. The minimum absolute atomic E-state index is 0.145. The number of H-pyrrole nitrogens is 1. The van der Waals surface area contributed by atoms with Gasteiger partial charge in [0, 0.05) is 36.2 Å². The molecule has 4 heterocycles. The number of fused-ring (bicyclic) bond motifs is 1. The van der Waals surface area contributed by atoms with E-state index in [9.17, 15) is 9.59 Å². The molecule has 10 heteroatoms. The number of aliphatic imine (C=N–C) groups is 1. The second kappa shape index (κ2) is 13.7. The Hall–Kier alpha value is -4.80. The van der Waals surface area contributed by atoms with E-state index in [1.54, 1.807) is 4.90 Å². The van der Waals surface area contributed by atoms with Crippen molar-refractivity contribution in [3.8, 4) is 22.4 Å². The molecule has 1 spiro atoms. The summed E-state index contributed by atoms with van der Waals surface area (Å²) in [4.78, 5) is 41.0. The summed E-state index contributed by atoms with van der Waals surface area (Å²) in [5, 5.41) is 5.11. The Labute approximate surface area is 298 Å². The molecule has 2 amide bonds. The van der Waals surface area contributed by atoms with Crippen LogP contribution in [0.4, 0.5) is 4.79 Å². The molecule has 0 unspecified atom stereocenters. The van der Waals surface area contributed by atoms with E-state index in [1.165, 1.54) is 43.6 Å². The molecule has 0 bridgehead atoms. The Morgan fingerprint density at radius 2 is 1.61 bits per heavy atom. The highest BCUT2D eigenvalue weighted by molar-refractivity contribution is 6.04. The van der Waals surface area contributed by atoms with Crippen LogP contribution in [-0.2, 0) is 19.0 Å². The van der Waals surface area contributed by atoms with Crippen LogP contribution in [0, 0.1) is 5.92 Å². The number of methoxy groups -OCH3 is 1. The first-order valence-electron chi connectivity index (χ1n) is 18.2. The van der Waals surface area contributed by atoms with Crippen molar-refractivity contribution in [3.63, 3.8) is 0 Å². The van der Waals surface area contributed by atoms with Gasteiger partial charge in [0.25, 0.3) is 0 Å². The van der Waals surface area contributed by atoms with Crippen LogP contribution >= 0.6 is 0 Å². The number of allylic oxidation sites excluding steroid dienone is 1. The van der Waals surface area contributed by atoms with Gasteiger partial charge in [-0.3, -0.25) is 9.79 Å². The van der Waals surface area contributed by atoms with Crippen molar-refractivity contribution >= 4 is 34.1 Å². The van der Waals surface area contributed by atoms with E-state index in [2.05, 4.69) is 71.0 Å². The molecule has 3 aromatic carbocycles. The Bertz CT molecular complexity index is 2000. The van der Waals surface area contributed by atoms with Crippen LogP contribution < -0.4 is 5.32 Å². The third-order valence-electron chi connectivity index (χ3n) is 11.0. The SMILES string of the molecule is COC(=O)N[C@H](C(=O)N1CC2(C[C@H]1C1=NC=C(c3ccc(-c4ccc5cc(-c6cnc(C7CCCC7)[nH]6)ccc5c4)cc3)C1)OCCO2)C(C)C. The molecule has 1 saturated carbocycles. The van der Waals surface area contributed by atoms with Crippen LogP contribution in [-0.4, -0.2) is 77.3 Å². The van der Waals surface area contributed by atoms with E-state index in [4.69, 9.17) is 24.2 Å². The highest BCUT2D eigenvalue weighted by Gasteiger charge is 2.53. The van der Waals surface area contributed by atoms with Gasteiger partial charge in [-0.15, -0.1) is 0 Å². The molecule has 10 nitrogen and oxygen atoms in total. The number of aromatic nitrogens is 2. The van der Waals surface area contributed by atoms with Gasteiger partial charge < -0.3 is 29.4 Å². The van der Waals surface area contributed by atoms with Gasteiger partial charge in [-0.2, -0.15) is 0 Å². The summed E-state index contributed by atoms with van der Waals surface area (Å²) in [5.41, 5.74) is 7.60. The predicted octanol–water partition coefficient (Wildman–Crippen LogP) is 7.46. The molecule has 1 aliphatic carbocycles. The average molecular weight is 688 g/mol. The van der Waals surface area contributed by atoms with E-state index in [0.717, 1.165) is 45.1 Å². The van der Waals surface area contributed by atoms with Gasteiger partial charge in [0.1, 0.15) is 11.9 Å². The molecule has 3 fully saturated rings. The number of rotatable bonds is 8. The Balaban J connectivity index is 0.957. The van der Waals surface area contributed by atoms with Crippen molar-refractivity contribution < 1.29 is 23.8 Å². The van der Waals surface area contributed by atoms with Gasteiger partial charge in [0.2, 0.25) is 5.91 Å². The summed E-state index contributed by atoms with van der Waals surface area (Å²) >= 11 is 0. The lowest BCUT2D eigenvalue weighted by atomic mass is 9.95. The lowest BCUT2D eigenvalue weighted by molar-refractivity contribution is -0.153. The molecule has 8 rings (SSSR count). The van der Waals surface area contributed by atoms with E-state index in [-0.39, 0.29) is 24.4 Å². The van der Waals surface area contributed by atoms with Crippen molar-refractivity contribution in [1.82, 2.24) is 20.2 Å². The Morgan fingerprint density at radius 1 is 0.941 bits per heavy atom. The molecule has 4 aliphatic rings. The van der Waals surface area contributed by atoms with Crippen LogP contribution in [0.15, 0.2) is 78.1 Å². The zero-order chi connectivity index (χ0) is 35.1. The van der Waals surface area contributed by atoms with Gasteiger partial charge in [-0.1, -0.05) is 75.2 Å². The third-order valence-corrected chi connectivity index (χ3v) is 11.0. The number of hydrogen-bond acceptors (Lipinski definition) is 7. The molecule has 264 valence electrons.